The Hall–Kier alpha value is -2.74. The number of hydrogen-bond acceptors (Lipinski definition) is 3. The molecule has 2 aromatic heterocycles. The number of fused-ring (bicyclic) bond motifs is 1. The summed E-state index contributed by atoms with van der Waals surface area (Å²) >= 11 is 0. The van der Waals surface area contributed by atoms with E-state index in [4.69, 9.17) is 4.98 Å². The van der Waals surface area contributed by atoms with Gasteiger partial charge in [0.2, 0.25) is 0 Å². The van der Waals surface area contributed by atoms with Crippen molar-refractivity contribution < 1.29 is 0 Å². The Balaban J connectivity index is 2.08. The van der Waals surface area contributed by atoms with Gasteiger partial charge in [0, 0.05) is 18.3 Å². The van der Waals surface area contributed by atoms with E-state index in [2.05, 4.69) is 55.5 Å². The summed E-state index contributed by atoms with van der Waals surface area (Å²) in [5, 5.41) is 15.8. The van der Waals surface area contributed by atoms with Crippen molar-refractivity contribution in [3.05, 3.63) is 41.6 Å². The number of aromatic amines is 1. The molecule has 0 radical (unpaired) electrons. The summed E-state index contributed by atoms with van der Waals surface area (Å²) < 4.78 is 1.86. The number of imidazole rings is 1. The van der Waals surface area contributed by atoms with Gasteiger partial charge in [-0.25, -0.2) is 9.50 Å². The number of H-pyrrole nitrogens is 1. The molecule has 5 nitrogen and oxygen atoms in total. The van der Waals surface area contributed by atoms with Crippen LogP contribution in [0.25, 0.3) is 16.9 Å². The monoisotopic (exact) mass is 307 g/mol. The van der Waals surface area contributed by atoms with Crippen molar-refractivity contribution in [1.82, 2.24) is 14.6 Å². The van der Waals surface area contributed by atoms with Gasteiger partial charge in [-0.15, -0.1) is 0 Å². The second-order valence-corrected chi connectivity index (χ2v) is 6.25. The molecule has 3 rings (SSSR count). The number of rotatable bonds is 5. The molecule has 2 heterocycles. The van der Waals surface area contributed by atoms with Gasteiger partial charge >= 0.3 is 0 Å². The zero-order valence-electron chi connectivity index (χ0n) is 13.7. The van der Waals surface area contributed by atoms with Crippen LogP contribution in [0.3, 0.4) is 0 Å². The van der Waals surface area contributed by atoms with Crippen molar-refractivity contribution in [1.29, 1.82) is 5.26 Å². The van der Waals surface area contributed by atoms with Gasteiger partial charge in [0.15, 0.2) is 11.5 Å². The topological polar surface area (TPSA) is 68.9 Å². The van der Waals surface area contributed by atoms with Crippen LogP contribution in [-0.4, -0.2) is 21.1 Å². The standard InChI is InChI=1S/C18H21N5/c1-12(2)7-8-20-18-16(14-6-4-5-13(3)9-14)22-17-15(10-19)11-21-23(17)18/h4-6,9,11-12,20-21H,7-8H2,1-3H3. The molecule has 3 aromatic rings. The molecule has 0 aliphatic carbocycles. The molecule has 0 atom stereocenters. The minimum atomic E-state index is 0.552. The maximum Gasteiger partial charge on any atom is 0.173 e. The van der Waals surface area contributed by atoms with Crippen LogP contribution in [0.15, 0.2) is 30.5 Å². The first kappa shape index (κ1) is 15.2. The number of nitrogens with zero attached hydrogens (tertiary/aromatic N) is 3. The maximum atomic E-state index is 9.24. The predicted octanol–water partition coefficient (Wildman–Crippen LogP) is 3.97. The maximum absolute atomic E-state index is 9.24. The van der Waals surface area contributed by atoms with Gasteiger partial charge in [-0.3, -0.25) is 5.10 Å². The summed E-state index contributed by atoms with van der Waals surface area (Å²) in [7, 11) is 0. The smallest absolute Gasteiger partial charge is 0.173 e. The third kappa shape index (κ3) is 2.93. The minimum Gasteiger partial charge on any atom is -0.368 e. The lowest BCUT2D eigenvalue weighted by Crippen LogP contribution is -2.08. The Morgan fingerprint density at radius 1 is 1.39 bits per heavy atom. The van der Waals surface area contributed by atoms with Crippen LogP contribution in [0, 0.1) is 24.2 Å². The third-order valence-corrected chi connectivity index (χ3v) is 3.88. The van der Waals surface area contributed by atoms with Crippen LogP contribution in [0.4, 0.5) is 5.82 Å². The van der Waals surface area contributed by atoms with Gasteiger partial charge < -0.3 is 5.32 Å². The van der Waals surface area contributed by atoms with Gasteiger partial charge in [0.25, 0.3) is 0 Å². The Kier molecular flexibility index (Phi) is 4.07. The van der Waals surface area contributed by atoms with Gasteiger partial charge in [-0.1, -0.05) is 37.6 Å². The summed E-state index contributed by atoms with van der Waals surface area (Å²) in [6.07, 6.45) is 2.77. The highest BCUT2D eigenvalue weighted by Crippen LogP contribution is 2.30. The van der Waals surface area contributed by atoms with E-state index in [0.29, 0.717) is 17.1 Å². The van der Waals surface area contributed by atoms with Crippen LogP contribution in [0.2, 0.25) is 0 Å². The van der Waals surface area contributed by atoms with E-state index in [1.54, 1.807) is 6.20 Å². The quantitative estimate of drug-likeness (QED) is 0.749. The average molecular weight is 307 g/mol. The highest BCUT2D eigenvalue weighted by atomic mass is 15.3. The van der Waals surface area contributed by atoms with Crippen LogP contribution < -0.4 is 5.32 Å². The zero-order valence-corrected chi connectivity index (χ0v) is 13.7. The Morgan fingerprint density at radius 2 is 2.22 bits per heavy atom. The number of hydrogen-bond donors (Lipinski definition) is 2. The molecule has 1 aromatic carbocycles. The molecule has 23 heavy (non-hydrogen) atoms. The number of aryl methyl sites for hydroxylation is 1. The van der Waals surface area contributed by atoms with Crippen molar-refractivity contribution in [2.45, 2.75) is 27.2 Å². The van der Waals surface area contributed by atoms with Crippen molar-refractivity contribution in [2.24, 2.45) is 5.92 Å². The lowest BCUT2D eigenvalue weighted by atomic mass is 10.1. The molecule has 0 saturated heterocycles. The first-order valence-corrected chi connectivity index (χ1v) is 7.91. The third-order valence-electron chi connectivity index (χ3n) is 3.88. The van der Waals surface area contributed by atoms with E-state index in [1.165, 1.54) is 5.56 Å². The predicted molar refractivity (Wildman–Crippen MR) is 92.4 cm³/mol. The number of anilines is 1. The molecule has 0 bridgehead atoms. The highest BCUT2D eigenvalue weighted by Gasteiger charge is 2.17. The summed E-state index contributed by atoms with van der Waals surface area (Å²) in [6.45, 7) is 7.35. The largest absolute Gasteiger partial charge is 0.368 e. The number of nitriles is 1. The number of benzene rings is 1. The van der Waals surface area contributed by atoms with Gasteiger partial charge in [-0.2, -0.15) is 5.26 Å². The first-order chi connectivity index (χ1) is 11.1. The molecule has 0 aliphatic rings. The second kappa shape index (κ2) is 6.17. The SMILES string of the molecule is Cc1cccc(-c2nc3c(C#N)c[nH]n3c2NCCC(C)C)c1. The average Bonchev–Trinajstić information content (AvgIpc) is 3.06. The fraction of sp³-hybridized carbons (Fsp3) is 0.333. The van der Waals surface area contributed by atoms with Crippen molar-refractivity contribution in [3.63, 3.8) is 0 Å². The molecular formula is C18H21N5. The van der Waals surface area contributed by atoms with Crippen molar-refractivity contribution in [3.8, 4) is 17.3 Å². The van der Waals surface area contributed by atoms with Gasteiger partial charge in [0.05, 0.1) is 0 Å². The summed E-state index contributed by atoms with van der Waals surface area (Å²) in [6, 6.07) is 10.4. The van der Waals surface area contributed by atoms with E-state index >= 15 is 0 Å². The van der Waals surface area contributed by atoms with Crippen LogP contribution in [0.1, 0.15) is 31.4 Å². The first-order valence-electron chi connectivity index (χ1n) is 7.91. The highest BCUT2D eigenvalue weighted by molar-refractivity contribution is 5.78. The molecule has 0 aliphatic heterocycles. The van der Waals surface area contributed by atoms with E-state index in [9.17, 15) is 5.26 Å². The molecule has 0 saturated carbocycles. The fourth-order valence-electron chi connectivity index (χ4n) is 2.64. The van der Waals surface area contributed by atoms with E-state index in [0.717, 1.165) is 30.0 Å². The van der Waals surface area contributed by atoms with Gasteiger partial charge in [0.1, 0.15) is 17.3 Å². The van der Waals surface area contributed by atoms with E-state index < -0.39 is 0 Å². The zero-order chi connectivity index (χ0) is 16.4. The summed E-state index contributed by atoms with van der Waals surface area (Å²) in [5.74, 6) is 1.54. The van der Waals surface area contributed by atoms with Crippen LogP contribution in [-0.2, 0) is 0 Å². The summed E-state index contributed by atoms with van der Waals surface area (Å²) in [4.78, 5) is 4.70. The number of nitrogens with one attached hydrogen (secondary N) is 2. The molecule has 118 valence electrons. The van der Waals surface area contributed by atoms with Crippen molar-refractivity contribution >= 4 is 11.5 Å². The minimum absolute atomic E-state index is 0.552. The Bertz CT molecular complexity index is 863. The van der Waals surface area contributed by atoms with Crippen LogP contribution >= 0.6 is 0 Å². The normalized spacial score (nSPS) is 11.1. The lowest BCUT2D eigenvalue weighted by Gasteiger charge is -2.10. The Morgan fingerprint density at radius 3 is 2.91 bits per heavy atom. The molecule has 0 amide bonds. The lowest BCUT2D eigenvalue weighted by molar-refractivity contribution is 0.606. The van der Waals surface area contributed by atoms with Crippen molar-refractivity contribution in [2.75, 3.05) is 11.9 Å². The molecule has 0 spiro atoms. The number of aromatic nitrogens is 3. The molecule has 2 N–H and O–H groups in total. The molecule has 0 fully saturated rings. The molecule has 0 unspecified atom stereocenters. The van der Waals surface area contributed by atoms with Crippen LogP contribution in [0.5, 0.6) is 0 Å². The molecular weight excluding hydrogens is 286 g/mol. The van der Waals surface area contributed by atoms with Gasteiger partial charge in [-0.05, 0) is 25.3 Å². The van der Waals surface area contributed by atoms with E-state index in [-0.39, 0.29) is 0 Å². The summed E-state index contributed by atoms with van der Waals surface area (Å²) in [5.41, 5.74) is 4.33. The van der Waals surface area contributed by atoms with E-state index in [1.807, 2.05) is 10.6 Å². The fourth-order valence-corrected chi connectivity index (χ4v) is 2.64. The second-order valence-electron chi connectivity index (χ2n) is 6.25. The molecule has 5 heteroatoms. The Labute approximate surface area is 136 Å².